The van der Waals surface area contributed by atoms with Gasteiger partial charge in [-0.1, -0.05) is 0 Å². The maximum atomic E-state index is 12.8. The molecule has 0 saturated carbocycles. The third kappa shape index (κ3) is 5.49. The van der Waals surface area contributed by atoms with Crippen molar-refractivity contribution in [1.29, 1.82) is 0 Å². The quantitative estimate of drug-likeness (QED) is 0.222. The van der Waals surface area contributed by atoms with Crippen LogP contribution in [-0.2, 0) is 5.92 Å². The molecule has 0 aliphatic heterocycles. The Balaban J connectivity index is 0.000000307. The molecule has 14 heteroatoms. The lowest BCUT2D eigenvalue weighted by Crippen LogP contribution is -2.33. The van der Waals surface area contributed by atoms with Crippen LogP contribution in [0.15, 0.2) is 36.4 Å². The summed E-state index contributed by atoms with van der Waals surface area (Å²) in [4.78, 5) is 18.2. The van der Waals surface area contributed by atoms with Gasteiger partial charge in [0.1, 0.15) is 0 Å². The fourth-order valence-corrected chi connectivity index (χ4v) is 2.11. The van der Waals surface area contributed by atoms with Crippen LogP contribution in [0.1, 0.15) is 5.56 Å². The first-order valence-electron chi connectivity index (χ1n) is 6.67. The fourth-order valence-electron chi connectivity index (χ4n) is 1.64. The molecule has 2 aromatic rings. The zero-order valence-corrected chi connectivity index (χ0v) is 15.2. The Hall–Kier alpha value is -2.52. The normalized spacial score (nSPS) is 11.4. The van der Waals surface area contributed by atoms with Crippen molar-refractivity contribution in [3.8, 4) is 0 Å². The molecule has 0 atom stereocenters. The van der Waals surface area contributed by atoms with Crippen LogP contribution in [0.2, 0.25) is 0 Å². The number of hydrogen-bond donors (Lipinski definition) is 0. The summed E-state index contributed by atoms with van der Waals surface area (Å²) in [5.74, 6) is -7.56. The molecule has 0 aliphatic rings. The van der Waals surface area contributed by atoms with Gasteiger partial charge in [-0.15, -0.1) is 0 Å². The summed E-state index contributed by atoms with van der Waals surface area (Å²) in [5, 5.41) is 20.3. The van der Waals surface area contributed by atoms with Gasteiger partial charge in [-0.05, 0) is 46.9 Å². The van der Waals surface area contributed by atoms with E-state index in [9.17, 15) is 51.0 Å². The Labute approximate surface area is 164 Å². The van der Waals surface area contributed by atoms with Crippen LogP contribution in [-0.4, -0.2) is 16.0 Å². The molecule has 28 heavy (non-hydrogen) atoms. The van der Waals surface area contributed by atoms with Crippen LogP contribution in [0.25, 0.3) is 0 Å². The molecular formula is C14H6F7IN2O4. The largest absolute Gasteiger partial charge is 0.458 e. The summed E-state index contributed by atoms with van der Waals surface area (Å²) in [6.07, 6.45) is -5.90. The van der Waals surface area contributed by atoms with Crippen molar-refractivity contribution in [1.82, 2.24) is 0 Å². The summed E-state index contributed by atoms with van der Waals surface area (Å²) in [5.41, 5.74) is -3.60. The van der Waals surface area contributed by atoms with E-state index in [1.165, 1.54) is 12.1 Å². The van der Waals surface area contributed by atoms with E-state index in [0.717, 1.165) is 6.07 Å². The number of hydrogen-bond acceptors (Lipinski definition) is 4. The minimum Gasteiger partial charge on any atom is -0.258 e. The first-order valence-corrected chi connectivity index (χ1v) is 7.74. The number of benzene rings is 2. The molecule has 0 amide bonds. The molecule has 2 aromatic carbocycles. The second-order valence-corrected chi connectivity index (χ2v) is 6.09. The van der Waals surface area contributed by atoms with Crippen molar-refractivity contribution >= 4 is 34.0 Å². The highest BCUT2D eigenvalue weighted by Crippen LogP contribution is 2.44. The zero-order chi connectivity index (χ0) is 21.9. The number of rotatable bonds is 3. The Bertz CT molecular complexity index is 906. The molecule has 0 aliphatic carbocycles. The number of nitro benzene ring substituents is 2. The molecular weight excluding hydrogens is 520 g/mol. The Morgan fingerprint density at radius 3 is 1.61 bits per heavy atom. The van der Waals surface area contributed by atoms with Crippen molar-refractivity contribution in [3.05, 3.63) is 77.4 Å². The molecule has 0 spiro atoms. The van der Waals surface area contributed by atoms with Crippen molar-refractivity contribution in [2.75, 3.05) is 0 Å². The predicted octanol–water partition coefficient (Wildman–Crippen LogP) is 5.73. The van der Waals surface area contributed by atoms with E-state index in [0.29, 0.717) is 3.57 Å². The van der Waals surface area contributed by atoms with E-state index in [-0.39, 0.29) is 18.2 Å². The summed E-state index contributed by atoms with van der Waals surface area (Å²) >= 11 is 1.88. The van der Waals surface area contributed by atoms with Gasteiger partial charge in [-0.3, -0.25) is 20.2 Å². The lowest BCUT2D eigenvalue weighted by atomic mass is 10.1. The molecule has 2 rings (SSSR count). The fraction of sp³-hybridized carbons (Fsp3) is 0.143. The van der Waals surface area contributed by atoms with Gasteiger partial charge in [0.25, 0.3) is 0 Å². The molecule has 6 nitrogen and oxygen atoms in total. The van der Waals surface area contributed by atoms with E-state index in [2.05, 4.69) is 0 Å². The van der Waals surface area contributed by atoms with E-state index in [1.807, 2.05) is 22.6 Å². The molecule has 0 aromatic heterocycles. The highest BCUT2D eigenvalue weighted by atomic mass is 127. The number of nitrogens with zero attached hydrogens (tertiary/aromatic N) is 2. The molecule has 0 N–H and O–H groups in total. The van der Waals surface area contributed by atoms with Crippen molar-refractivity contribution in [2.24, 2.45) is 0 Å². The molecule has 0 unspecified atom stereocenters. The SMILES string of the molecule is O=[N+]([O-])c1cc(C(F)(F)C(F)(F)F)ccc1F.O=[N+]([O-])c1cc(I)ccc1F. The molecule has 0 heterocycles. The monoisotopic (exact) mass is 526 g/mol. The number of halogens is 8. The molecule has 152 valence electrons. The van der Waals surface area contributed by atoms with E-state index < -0.39 is 50.5 Å². The van der Waals surface area contributed by atoms with Crippen LogP contribution >= 0.6 is 22.6 Å². The predicted molar refractivity (Wildman–Crippen MR) is 88.8 cm³/mol. The van der Waals surface area contributed by atoms with Gasteiger partial charge in [0, 0.05) is 21.3 Å². The first kappa shape index (κ1) is 23.5. The van der Waals surface area contributed by atoms with Gasteiger partial charge < -0.3 is 0 Å². The Morgan fingerprint density at radius 2 is 1.21 bits per heavy atom. The van der Waals surface area contributed by atoms with Crippen LogP contribution < -0.4 is 0 Å². The van der Waals surface area contributed by atoms with Crippen molar-refractivity contribution in [3.63, 3.8) is 0 Å². The molecule has 0 fully saturated rings. The minimum absolute atomic E-state index is 0.136. The van der Waals surface area contributed by atoms with Gasteiger partial charge in [0.2, 0.25) is 11.6 Å². The van der Waals surface area contributed by atoms with E-state index in [1.54, 1.807) is 0 Å². The third-order valence-corrected chi connectivity index (χ3v) is 3.64. The van der Waals surface area contributed by atoms with Gasteiger partial charge in [-0.25, -0.2) is 0 Å². The standard InChI is InChI=1S/C8H3F6NO2.C6H3FINO2/c9-5-2-1-4(3-6(5)15(16)17)7(10,11)8(12,13)14;7-5-2-1-4(8)3-6(5)9(10)11/h1-3H;1-3H. The molecule has 0 radical (unpaired) electrons. The zero-order valence-electron chi connectivity index (χ0n) is 13.0. The summed E-state index contributed by atoms with van der Waals surface area (Å²) in [7, 11) is 0. The third-order valence-electron chi connectivity index (χ3n) is 2.97. The number of alkyl halides is 5. The maximum Gasteiger partial charge on any atom is 0.458 e. The van der Waals surface area contributed by atoms with Gasteiger partial charge in [-0.2, -0.15) is 30.7 Å². The molecule has 0 bridgehead atoms. The van der Waals surface area contributed by atoms with E-state index in [4.69, 9.17) is 0 Å². The summed E-state index contributed by atoms with van der Waals surface area (Å²) in [6, 6.07) is 3.95. The first-order chi connectivity index (χ1) is 12.7. The van der Waals surface area contributed by atoms with Crippen LogP contribution in [0.3, 0.4) is 0 Å². The Kier molecular flexibility index (Phi) is 7.27. The average Bonchev–Trinajstić information content (AvgIpc) is 2.56. The Morgan fingerprint density at radius 1 is 0.786 bits per heavy atom. The minimum atomic E-state index is -5.90. The van der Waals surface area contributed by atoms with Crippen molar-refractivity contribution in [2.45, 2.75) is 12.1 Å². The number of nitro groups is 2. The summed E-state index contributed by atoms with van der Waals surface area (Å²) in [6.45, 7) is 0. The lowest BCUT2D eigenvalue weighted by Gasteiger charge is -2.19. The topological polar surface area (TPSA) is 86.3 Å². The highest BCUT2D eigenvalue weighted by Gasteiger charge is 2.59. The second kappa shape index (κ2) is 8.66. The average molecular weight is 526 g/mol. The van der Waals surface area contributed by atoms with Crippen LogP contribution in [0.5, 0.6) is 0 Å². The maximum absolute atomic E-state index is 12.8. The van der Waals surface area contributed by atoms with Gasteiger partial charge in [0.15, 0.2) is 0 Å². The highest BCUT2D eigenvalue weighted by molar-refractivity contribution is 14.1. The van der Waals surface area contributed by atoms with Gasteiger partial charge >= 0.3 is 23.5 Å². The smallest absolute Gasteiger partial charge is 0.258 e. The van der Waals surface area contributed by atoms with Gasteiger partial charge in [0.05, 0.1) is 9.85 Å². The van der Waals surface area contributed by atoms with Crippen molar-refractivity contribution < 1.29 is 40.6 Å². The van der Waals surface area contributed by atoms with Crippen LogP contribution in [0.4, 0.5) is 42.1 Å². The summed E-state index contributed by atoms with van der Waals surface area (Å²) < 4.78 is 87.3. The molecule has 0 saturated heterocycles. The lowest BCUT2D eigenvalue weighted by molar-refractivity contribution is -0.387. The van der Waals surface area contributed by atoms with Crippen LogP contribution in [0, 0.1) is 35.4 Å². The van der Waals surface area contributed by atoms with E-state index >= 15 is 0 Å². The second-order valence-electron chi connectivity index (χ2n) is 4.85.